The molecular weight excluding hydrogens is 446 g/mol. The maximum absolute atomic E-state index is 14.1. The molecule has 2 atom stereocenters. The Balaban J connectivity index is 1.77. The molecule has 3 aromatic heterocycles. The molecule has 0 fully saturated rings. The van der Waals surface area contributed by atoms with E-state index in [1.807, 2.05) is 0 Å². The number of aliphatic hydroxyl groups is 1. The second kappa shape index (κ2) is 6.87. The molecule has 3 aromatic rings. The molecule has 2 N–H and O–H groups in total. The van der Waals surface area contributed by atoms with Crippen LogP contribution in [0, 0.1) is 11.3 Å². The second-order valence-electron chi connectivity index (χ2n) is 6.87. The molecular formula is C17H12Cl2F3N7O. The predicted octanol–water partition coefficient (Wildman–Crippen LogP) is 3.33. The summed E-state index contributed by atoms with van der Waals surface area (Å²) >= 11 is 11.8. The quantitative estimate of drug-likeness (QED) is 0.581. The highest BCUT2D eigenvalue weighted by atomic mass is 35.5. The first kappa shape index (κ1) is 20.5. The molecule has 1 aliphatic heterocycles. The van der Waals surface area contributed by atoms with Gasteiger partial charge in [-0.2, -0.15) is 23.5 Å². The highest BCUT2D eigenvalue weighted by molar-refractivity contribution is 6.31. The number of anilines is 2. The summed E-state index contributed by atoms with van der Waals surface area (Å²) in [6.45, 7) is 0.420. The van der Waals surface area contributed by atoms with Crippen LogP contribution in [0.5, 0.6) is 0 Å². The van der Waals surface area contributed by atoms with Crippen LogP contribution < -0.4 is 10.2 Å². The van der Waals surface area contributed by atoms with E-state index in [4.69, 9.17) is 28.5 Å². The van der Waals surface area contributed by atoms with Crippen LogP contribution in [-0.4, -0.2) is 43.8 Å². The number of halogens is 5. The largest absolute Gasteiger partial charge is 0.401 e. The first-order valence-electron chi connectivity index (χ1n) is 8.43. The lowest BCUT2D eigenvalue weighted by Crippen LogP contribution is -2.48. The van der Waals surface area contributed by atoms with Gasteiger partial charge in [0.15, 0.2) is 16.5 Å². The van der Waals surface area contributed by atoms with Gasteiger partial charge in [0.05, 0.1) is 34.5 Å². The number of aliphatic hydroxyl groups excluding tert-OH is 1. The predicted molar refractivity (Wildman–Crippen MR) is 102 cm³/mol. The van der Waals surface area contributed by atoms with Gasteiger partial charge in [0, 0.05) is 12.6 Å². The molecule has 4 heterocycles. The van der Waals surface area contributed by atoms with Crippen LogP contribution in [0.1, 0.15) is 18.3 Å². The Morgan fingerprint density at radius 2 is 2.03 bits per heavy atom. The Bertz CT molecular complexity index is 1190. The third-order valence-electron chi connectivity index (χ3n) is 4.92. The minimum atomic E-state index is -4.65. The van der Waals surface area contributed by atoms with Crippen molar-refractivity contribution in [3.05, 3.63) is 46.1 Å². The highest BCUT2D eigenvalue weighted by Crippen LogP contribution is 2.50. The molecule has 0 saturated heterocycles. The Hall–Kier alpha value is -2.81. The summed E-state index contributed by atoms with van der Waals surface area (Å²) in [5.41, 5.74) is -2.16. The van der Waals surface area contributed by atoms with Crippen LogP contribution in [0.15, 0.2) is 24.5 Å². The first-order valence-corrected chi connectivity index (χ1v) is 9.19. The molecule has 4 rings (SSSR count). The number of alkyl halides is 3. The van der Waals surface area contributed by atoms with Crippen LogP contribution in [-0.2, 0) is 5.41 Å². The normalized spacial score (nSPS) is 19.6. The number of fused-ring (bicyclic) bond motifs is 3. The van der Waals surface area contributed by atoms with Crippen molar-refractivity contribution in [2.75, 3.05) is 16.8 Å². The molecule has 0 aliphatic carbocycles. The summed E-state index contributed by atoms with van der Waals surface area (Å²) < 4.78 is 43.3. The molecule has 30 heavy (non-hydrogen) atoms. The zero-order chi connectivity index (χ0) is 21.8. The van der Waals surface area contributed by atoms with Gasteiger partial charge in [-0.05, 0) is 13.0 Å². The van der Waals surface area contributed by atoms with E-state index in [9.17, 15) is 18.3 Å². The van der Waals surface area contributed by atoms with E-state index in [0.29, 0.717) is 0 Å². The van der Waals surface area contributed by atoms with E-state index >= 15 is 0 Å². The zero-order valence-electron chi connectivity index (χ0n) is 15.1. The molecule has 156 valence electrons. The van der Waals surface area contributed by atoms with Gasteiger partial charge in [0.1, 0.15) is 11.5 Å². The fourth-order valence-electron chi connectivity index (χ4n) is 3.39. The average molecular weight is 458 g/mol. The number of nitriles is 1. The van der Waals surface area contributed by atoms with Crippen LogP contribution >= 0.6 is 23.2 Å². The SMILES string of the molecule is C[C@@]1(C(F)(F)F)CN(C(O)Nc2cnc(C#N)c(Cl)c2)c2cnc3cc(Cl)nn3c21. The standard InChI is InChI=1S/C17H12Cl2F3N7O/c1-16(17(20,21)22)7-28(11-6-25-13-3-12(19)27-29(13)14(11)16)15(30)26-8-2-9(18)10(4-23)24-5-8/h2-3,5-6,15,26,30H,7H2,1H3/t15?,16-/m1/s1. The van der Waals surface area contributed by atoms with Crippen molar-refractivity contribution in [1.29, 1.82) is 5.26 Å². The molecule has 0 spiro atoms. The number of pyridine rings is 1. The van der Waals surface area contributed by atoms with Crippen molar-refractivity contribution in [2.24, 2.45) is 0 Å². The topological polar surface area (TPSA) is 102 Å². The third kappa shape index (κ3) is 3.08. The third-order valence-corrected chi connectivity index (χ3v) is 5.39. The van der Waals surface area contributed by atoms with Crippen molar-refractivity contribution in [3.63, 3.8) is 0 Å². The minimum Gasteiger partial charge on any atom is -0.356 e. The van der Waals surface area contributed by atoms with Gasteiger partial charge in [-0.25, -0.2) is 14.5 Å². The molecule has 0 bridgehead atoms. The molecule has 0 amide bonds. The van der Waals surface area contributed by atoms with Gasteiger partial charge in [-0.1, -0.05) is 23.2 Å². The average Bonchev–Trinajstić information content (AvgIpc) is 3.19. The summed E-state index contributed by atoms with van der Waals surface area (Å²) in [5.74, 6) is 0. The fraction of sp³-hybridized carbons (Fsp3) is 0.294. The lowest BCUT2D eigenvalue weighted by atomic mass is 9.87. The maximum Gasteiger partial charge on any atom is 0.401 e. The number of rotatable bonds is 3. The van der Waals surface area contributed by atoms with Crippen molar-refractivity contribution in [3.8, 4) is 6.07 Å². The summed E-state index contributed by atoms with van der Waals surface area (Å²) in [5, 5.41) is 26.2. The van der Waals surface area contributed by atoms with Gasteiger partial charge < -0.3 is 15.3 Å². The van der Waals surface area contributed by atoms with Crippen LogP contribution in [0.4, 0.5) is 24.5 Å². The van der Waals surface area contributed by atoms with Crippen LogP contribution in [0.3, 0.4) is 0 Å². The van der Waals surface area contributed by atoms with E-state index < -0.39 is 24.5 Å². The Morgan fingerprint density at radius 3 is 2.67 bits per heavy atom. The summed E-state index contributed by atoms with van der Waals surface area (Å²) in [4.78, 5) is 9.03. The number of aromatic nitrogens is 4. The van der Waals surface area contributed by atoms with Crippen molar-refractivity contribution < 1.29 is 18.3 Å². The smallest absolute Gasteiger partial charge is 0.356 e. The lowest BCUT2D eigenvalue weighted by Gasteiger charge is -2.31. The summed E-state index contributed by atoms with van der Waals surface area (Å²) in [6.07, 6.45) is -3.76. The minimum absolute atomic E-state index is 0.00385. The van der Waals surface area contributed by atoms with Gasteiger partial charge >= 0.3 is 6.18 Å². The first-order chi connectivity index (χ1) is 14.0. The molecule has 0 aromatic carbocycles. The molecule has 1 unspecified atom stereocenters. The highest BCUT2D eigenvalue weighted by Gasteiger charge is 2.60. The zero-order valence-corrected chi connectivity index (χ0v) is 16.6. The van der Waals surface area contributed by atoms with Gasteiger partial charge in [0.2, 0.25) is 6.35 Å². The second-order valence-corrected chi connectivity index (χ2v) is 7.67. The van der Waals surface area contributed by atoms with Crippen molar-refractivity contribution in [2.45, 2.75) is 24.9 Å². The maximum atomic E-state index is 14.1. The van der Waals surface area contributed by atoms with E-state index in [2.05, 4.69) is 20.4 Å². The molecule has 0 radical (unpaired) electrons. The Labute approximate surface area is 177 Å². The monoisotopic (exact) mass is 457 g/mol. The molecule has 13 heteroatoms. The van der Waals surface area contributed by atoms with Crippen molar-refractivity contribution in [1.82, 2.24) is 19.6 Å². The number of hydrogen-bond donors (Lipinski definition) is 2. The van der Waals surface area contributed by atoms with Gasteiger partial charge in [0.25, 0.3) is 0 Å². The van der Waals surface area contributed by atoms with E-state index in [0.717, 1.165) is 16.3 Å². The molecule has 1 aliphatic rings. The number of hydrogen-bond acceptors (Lipinski definition) is 7. The van der Waals surface area contributed by atoms with Crippen LogP contribution in [0.2, 0.25) is 10.2 Å². The fourth-order valence-corrected chi connectivity index (χ4v) is 3.77. The summed E-state index contributed by atoms with van der Waals surface area (Å²) in [7, 11) is 0. The van der Waals surface area contributed by atoms with Crippen LogP contribution in [0.25, 0.3) is 5.65 Å². The van der Waals surface area contributed by atoms with Gasteiger partial charge in [-0.3, -0.25) is 0 Å². The van der Waals surface area contributed by atoms with Gasteiger partial charge in [-0.15, -0.1) is 0 Å². The lowest BCUT2D eigenvalue weighted by molar-refractivity contribution is -0.182. The Kier molecular flexibility index (Phi) is 4.68. The van der Waals surface area contributed by atoms with E-state index in [1.165, 1.54) is 24.5 Å². The number of nitrogens with one attached hydrogen (secondary N) is 1. The molecule has 8 nitrogen and oxygen atoms in total. The van der Waals surface area contributed by atoms with E-state index in [1.54, 1.807) is 6.07 Å². The summed E-state index contributed by atoms with van der Waals surface area (Å²) in [6, 6.07) is 4.48. The molecule has 0 saturated carbocycles. The van der Waals surface area contributed by atoms with Crippen molar-refractivity contribution >= 4 is 40.2 Å². The Morgan fingerprint density at radius 1 is 1.30 bits per heavy atom. The number of nitrogens with zero attached hydrogens (tertiary/aromatic N) is 6. The van der Waals surface area contributed by atoms with E-state index in [-0.39, 0.29) is 38.6 Å².